The van der Waals surface area contributed by atoms with Crippen molar-refractivity contribution in [3.8, 4) is 5.75 Å². The zero-order valence-electron chi connectivity index (χ0n) is 15.8. The first kappa shape index (κ1) is 20.9. The maximum absolute atomic E-state index is 12.8. The molecular weight excluding hydrogens is 408 g/mol. The number of hydrogen-bond donors (Lipinski definition) is 2. The first-order valence-corrected chi connectivity index (χ1v) is 10.2. The molecule has 9 heteroatoms. The topological polar surface area (TPSA) is 125 Å². The van der Waals surface area contributed by atoms with Crippen molar-refractivity contribution in [2.24, 2.45) is 0 Å². The standard InChI is InChI=1S/C21H18N2O6S/c1-29-19-12-5-4-11-18(19)23-30(27,28)15-8-6-7-14(13-15)20(24)22-17-10-3-2-9-16(17)21(25)26/h2-13,23H,1H3,(H,22,24)(H,25,26)/p-1. The molecule has 154 valence electrons. The lowest BCUT2D eigenvalue weighted by atomic mass is 10.1. The maximum Gasteiger partial charge on any atom is 0.262 e. The predicted molar refractivity (Wildman–Crippen MR) is 109 cm³/mol. The van der Waals surface area contributed by atoms with Crippen LogP contribution in [0.1, 0.15) is 20.7 Å². The fraction of sp³-hybridized carbons (Fsp3) is 0.0476. The van der Waals surface area contributed by atoms with Gasteiger partial charge in [-0.25, -0.2) is 8.42 Å². The van der Waals surface area contributed by atoms with Crippen molar-refractivity contribution in [2.45, 2.75) is 4.90 Å². The largest absolute Gasteiger partial charge is 0.545 e. The molecule has 0 atom stereocenters. The van der Waals surface area contributed by atoms with E-state index in [1.54, 1.807) is 30.3 Å². The molecule has 30 heavy (non-hydrogen) atoms. The van der Waals surface area contributed by atoms with Crippen LogP contribution < -0.4 is 19.9 Å². The van der Waals surface area contributed by atoms with E-state index >= 15 is 0 Å². The van der Waals surface area contributed by atoms with Crippen molar-refractivity contribution in [1.82, 2.24) is 0 Å². The number of carbonyl (C=O) groups is 2. The number of para-hydroxylation sites is 3. The molecule has 0 aromatic heterocycles. The second-order valence-corrected chi connectivity index (χ2v) is 7.80. The highest BCUT2D eigenvalue weighted by molar-refractivity contribution is 7.92. The molecule has 0 aliphatic carbocycles. The Kier molecular flexibility index (Phi) is 6.03. The summed E-state index contributed by atoms with van der Waals surface area (Å²) in [5.74, 6) is -1.77. The lowest BCUT2D eigenvalue weighted by molar-refractivity contribution is -0.254. The van der Waals surface area contributed by atoms with E-state index < -0.39 is 21.9 Å². The van der Waals surface area contributed by atoms with Crippen LogP contribution in [0.25, 0.3) is 0 Å². The third-order valence-electron chi connectivity index (χ3n) is 4.15. The van der Waals surface area contributed by atoms with Gasteiger partial charge in [0.25, 0.3) is 15.9 Å². The number of ether oxygens (including phenoxy) is 1. The molecule has 0 bridgehead atoms. The molecule has 1 amide bonds. The van der Waals surface area contributed by atoms with Gasteiger partial charge in [-0.3, -0.25) is 9.52 Å². The summed E-state index contributed by atoms with van der Waals surface area (Å²) in [5.41, 5.74) is 0.138. The van der Waals surface area contributed by atoms with E-state index in [9.17, 15) is 23.1 Å². The third-order valence-corrected chi connectivity index (χ3v) is 5.52. The van der Waals surface area contributed by atoms with E-state index in [-0.39, 0.29) is 27.4 Å². The number of rotatable bonds is 7. The molecular formula is C21H17N2O6S-. The number of anilines is 2. The van der Waals surface area contributed by atoms with Gasteiger partial charge in [0.15, 0.2) is 0 Å². The lowest BCUT2D eigenvalue weighted by Crippen LogP contribution is -2.25. The third kappa shape index (κ3) is 4.58. The van der Waals surface area contributed by atoms with Crippen LogP contribution >= 0.6 is 0 Å². The Morgan fingerprint density at radius 3 is 2.27 bits per heavy atom. The molecule has 3 rings (SSSR count). The fourth-order valence-corrected chi connectivity index (χ4v) is 3.82. The molecule has 0 saturated heterocycles. The summed E-state index contributed by atoms with van der Waals surface area (Å²) in [4.78, 5) is 23.6. The number of hydrogen-bond acceptors (Lipinski definition) is 6. The van der Waals surface area contributed by atoms with Crippen LogP contribution in [0.3, 0.4) is 0 Å². The van der Waals surface area contributed by atoms with Gasteiger partial charge in [-0.1, -0.05) is 36.4 Å². The summed E-state index contributed by atoms with van der Waals surface area (Å²) in [7, 11) is -2.59. The SMILES string of the molecule is COc1ccccc1NS(=O)(=O)c1cccc(C(=O)Nc2ccccc2C(=O)[O-])c1. The van der Waals surface area contributed by atoms with Crippen molar-refractivity contribution >= 4 is 33.3 Å². The van der Waals surface area contributed by atoms with Crippen molar-refractivity contribution in [2.75, 3.05) is 17.1 Å². The van der Waals surface area contributed by atoms with Crippen molar-refractivity contribution in [3.63, 3.8) is 0 Å². The molecule has 0 spiro atoms. The van der Waals surface area contributed by atoms with Gasteiger partial charge in [0, 0.05) is 11.1 Å². The van der Waals surface area contributed by atoms with Gasteiger partial charge in [0.05, 0.1) is 29.3 Å². The van der Waals surface area contributed by atoms with Gasteiger partial charge < -0.3 is 20.0 Å². The summed E-state index contributed by atoms with van der Waals surface area (Å²) in [6.07, 6.45) is 0. The van der Waals surface area contributed by atoms with Crippen LogP contribution in [-0.4, -0.2) is 27.4 Å². The second kappa shape index (κ2) is 8.66. The van der Waals surface area contributed by atoms with Gasteiger partial charge in [0.2, 0.25) is 0 Å². The Bertz CT molecular complexity index is 1210. The van der Waals surface area contributed by atoms with Crippen molar-refractivity contribution < 1.29 is 27.9 Å². The van der Waals surface area contributed by atoms with Gasteiger partial charge in [0.1, 0.15) is 5.75 Å². The Balaban J connectivity index is 1.87. The van der Waals surface area contributed by atoms with Crippen LogP contribution in [0.5, 0.6) is 5.75 Å². The number of sulfonamides is 1. The van der Waals surface area contributed by atoms with E-state index in [1.165, 1.54) is 49.6 Å². The fourth-order valence-electron chi connectivity index (χ4n) is 2.70. The normalized spacial score (nSPS) is 10.8. The lowest BCUT2D eigenvalue weighted by Gasteiger charge is -2.13. The Hall–Kier alpha value is -3.85. The molecule has 0 saturated carbocycles. The molecule has 2 N–H and O–H groups in total. The summed E-state index contributed by atoms with van der Waals surface area (Å²) in [5, 5.41) is 13.7. The highest BCUT2D eigenvalue weighted by Gasteiger charge is 2.18. The van der Waals surface area contributed by atoms with Crippen molar-refractivity contribution in [1.29, 1.82) is 0 Å². The molecule has 8 nitrogen and oxygen atoms in total. The number of nitrogens with one attached hydrogen (secondary N) is 2. The van der Waals surface area contributed by atoms with Crippen LogP contribution in [0.4, 0.5) is 11.4 Å². The number of benzene rings is 3. The molecule has 3 aromatic rings. The number of methoxy groups -OCH3 is 1. The monoisotopic (exact) mass is 425 g/mol. The molecule has 0 unspecified atom stereocenters. The molecule has 0 aliphatic rings. The zero-order chi connectivity index (χ0) is 21.7. The quantitative estimate of drug-likeness (QED) is 0.597. The van der Waals surface area contributed by atoms with Crippen LogP contribution in [0.15, 0.2) is 77.7 Å². The minimum absolute atomic E-state index is 0.0334. The predicted octanol–water partition coefficient (Wildman–Crippen LogP) is 2.11. The van der Waals surface area contributed by atoms with Gasteiger partial charge in [-0.15, -0.1) is 0 Å². The maximum atomic E-state index is 12.8. The first-order valence-electron chi connectivity index (χ1n) is 8.69. The summed E-state index contributed by atoms with van der Waals surface area (Å²) >= 11 is 0. The second-order valence-electron chi connectivity index (χ2n) is 6.12. The summed E-state index contributed by atoms with van der Waals surface area (Å²) in [6.45, 7) is 0. The highest BCUT2D eigenvalue weighted by Crippen LogP contribution is 2.26. The van der Waals surface area contributed by atoms with E-state index in [4.69, 9.17) is 4.74 Å². The molecule has 0 heterocycles. The molecule has 0 aliphatic heterocycles. The van der Waals surface area contributed by atoms with Gasteiger partial charge in [-0.2, -0.15) is 0 Å². The zero-order valence-corrected chi connectivity index (χ0v) is 16.6. The van der Waals surface area contributed by atoms with Crippen LogP contribution in [0.2, 0.25) is 0 Å². The van der Waals surface area contributed by atoms with E-state index in [1.807, 2.05) is 0 Å². The van der Waals surface area contributed by atoms with E-state index in [0.29, 0.717) is 5.75 Å². The minimum atomic E-state index is -4.01. The Labute approximate surface area is 173 Å². The van der Waals surface area contributed by atoms with Gasteiger partial charge in [-0.05, 0) is 36.4 Å². The smallest absolute Gasteiger partial charge is 0.262 e. The Morgan fingerprint density at radius 2 is 1.57 bits per heavy atom. The number of carboxylic acids is 1. The molecule has 0 radical (unpaired) electrons. The van der Waals surface area contributed by atoms with Crippen LogP contribution in [-0.2, 0) is 10.0 Å². The summed E-state index contributed by atoms with van der Waals surface area (Å²) in [6, 6.07) is 17.6. The number of aromatic carboxylic acids is 1. The first-order chi connectivity index (χ1) is 14.3. The Morgan fingerprint density at radius 1 is 0.900 bits per heavy atom. The highest BCUT2D eigenvalue weighted by atomic mass is 32.2. The number of carbonyl (C=O) groups excluding carboxylic acids is 2. The van der Waals surface area contributed by atoms with Crippen LogP contribution in [0, 0.1) is 0 Å². The summed E-state index contributed by atoms with van der Waals surface area (Å²) < 4.78 is 33.1. The minimum Gasteiger partial charge on any atom is -0.545 e. The van der Waals surface area contributed by atoms with Gasteiger partial charge >= 0.3 is 0 Å². The van der Waals surface area contributed by atoms with Crippen molar-refractivity contribution in [3.05, 3.63) is 83.9 Å². The molecule has 3 aromatic carbocycles. The average Bonchev–Trinajstić information content (AvgIpc) is 2.74. The number of amides is 1. The van der Waals surface area contributed by atoms with E-state index in [0.717, 1.165) is 0 Å². The number of carboxylic acid groups (broad SMARTS) is 1. The average molecular weight is 425 g/mol. The molecule has 0 fully saturated rings. The van der Waals surface area contributed by atoms with E-state index in [2.05, 4.69) is 10.0 Å².